The first kappa shape index (κ1) is 21.7. The number of ether oxygens (including phenoxy) is 2. The van der Waals surface area contributed by atoms with Crippen LogP contribution in [0.15, 0.2) is 24.3 Å². The number of carbonyl (C=O) groups is 3. The first-order chi connectivity index (χ1) is 13.3. The van der Waals surface area contributed by atoms with Gasteiger partial charge in [-0.05, 0) is 43.4 Å². The molecule has 1 aromatic rings. The van der Waals surface area contributed by atoms with Crippen LogP contribution in [0.25, 0.3) is 0 Å². The van der Waals surface area contributed by atoms with Crippen molar-refractivity contribution in [2.45, 2.75) is 51.9 Å². The van der Waals surface area contributed by atoms with Crippen molar-refractivity contribution in [2.75, 3.05) is 13.2 Å². The second kappa shape index (κ2) is 10.1. The molecule has 0 saturated carbocycles. The second-order valence-corrected chi connectivity index (χ2v) is 7.13. The van der Waals surface area contributed by atoms with E-state index in [1.54, 1.807) is 31.2 Å². The maximum Gasteiger partial charge on any atom is 0.338 e. The average Bonchev–Trinajstić information content (AvgIpc) is 3.43. The van der Waals surface area contributed by atoms with Gasteiger partial charge in [0.15, 0.2) is 12.2 Å². The number of phenolic OH excluding ortho intramolecular Hbond substituents is 1. The topological polar surface area (TPSA) is 117 Å². The summed E-state index contributed by atoms with van der Waals surface area (Å²) in [5.41, 5.74) is 0.978. The Balaban J connectivity index is 1.84. The van der Waals surface area contributed by atoms with Crippen LogP contribution < -0.4 is 10.6 Å². The van der Waals surface area contributed by atoms with E-state index in [9.17, 15) is 19.5 Å². The number of carbonyl (C=O) groups excluding carboxylic acids is 3. The molecule has 2 amide bonds. The third-order valence-corrected chi connectivity index (χ3v) is 4.26. The van der Waals surface area contributed by atoms with Gasteiger partial charge in [0.2, 0.25) is 5.91 Å². The summed E-state index contributed by atoms with van der Waals surface area (Å²) in [6, 6.07) is 6.05. The fourth-order valence-electron chi connectivity index (χ4n) is 2.79. The zero-order valence-electron chi connectivity index (χ0n) is 16.4. The molecule has 3 N–H and O–H groups in total. The molecule has 8 heteroatoms. The van der Waals surface area contributed by atoms with E-state index in [1.807, 2.05) is 13.8 Å². The molecule has 8 nitrogen and oxygen atoms in total. The van der Waals surface area contributed by atoms with Gasteiger partial charge >= 0.3 is 5.97 Å². The van der Waals surface area contributed by atoms with Gasteiger partial charge in [-0.2, -0.15) is 0 Å². The standard InChI is InChI=1S/C20H28N2O6/c1-4-27-20(26)17-16(28-17)19(25)22-15(11-12(2)3)18(24)21-10-9-13-5-7-14(23)8-6-13/h5-8,12,15-17,23H,4,9-11H2,1-3H3,(H,21,24)(H,22,25)/t15-,16?,17-/m0/s1. The molecular weight excluding hydrogens is 364 g/mol. The van der Waals surface area contributed by atoms with E-state index in [2.05, 4.69) is 10.6 Å². The van der Waals surface area contributed by atoms with Crippen molar-refractivity contribution in [1.29, 1.82) is 0 Å². The van der Waals surface area contributed by atoms with E-state index >= 15 is 0 Å². The molecule has 2 rings (SSSR count). The summed E-state index contributed by atoms with van der Waals surface area (Å²) in [6.07, 6.45) is -0.728. The molecule has 1 saturated heterocycles. The second-order valence-electron chi connectivity index (χ2n) is 7.13. The van der Waals surface area contributed by atoms with Gasteiger partial charge in [0.05, 0.1) is 6.61 Å². The van der Waals surface area contributed by atoms with Gasteiger partial charge in [-0.1, -0.05) is 26.0 Å². The summed E-state index contributed by atoms with van der Waals surface area (Å²) in [7, 11) is 0. The number of rotatable bonds is 10. The van der Waals surface area contributed by atoms with Crippen molar-refractivity contribution in [3.05, 3.63) is 29.8 Å². The van der Waals surface area contributed by atoms with Gasteiger partial charge in [-0.25, -0.2) is 4.79 Å². The van der Waals surface area contributed by atoms with Gasteiger partial charge in [-0.3, -0.25) is 9.59 Å². The van der Waals surface area contributed by atoms with Gasteiger partial charge in [0.1, 0.15) is 11.8 Å². The molecule has 0 radical (unpaired) electrons. The molecule has 154 valence electrons. The van der Waals surface area contributed by atoms with Gasteiger partial charge in [-0.15, -0.1) is 0 Å². The first-order valence-electron chi connectivity index (χ1n) is 9.49. The van der Waals surface area contributed by atoms with Crippen LogP contribution in [0.3, 0.4) is 0 Å². The van der Waals surface area contributed by atoms with Crippen LogP contribution in [0, 0.1) is 5.92 Å². The quantitative estimate of drug-likeness (QED) is 0.403. The number of epoxide rings is 1. The summed E-state index contributed by atoms with van der Waals surface area (Å²) < 4.78 is 9.92. The number of hydrogen-bond acceptors (Lipinski definition) is 6. The molecule has 0 aromatic heterocycles. The monoisotopic (exact) mass is 392 g/mol. The normalized spacial score (nSPS) is 19.0. The van der Waals surface area contributed by atoms with E-state index in [0.29, 0.717) is 19.4 Å². The maximum atomic E-state index is 12.5. The summed E-state index contributed by atoms with van der Waals surface area (Å²) >= 11 is 0. The Morgan fingerprint density at radius 1 is 1.18 bits per heavy atom. The molecule has 3 atom stereocenters. The summed E-state index contributed by atoms with van der Waals surface area (Å²) in [5.74, 6) is -0.960. The van der Waals surface area contributed by atoms with Gasteiger partial charge in [0.25, 0.3) is 5.91 Å². The number of amides is 2. The van der Waals surface area contributed by atoms with Crippen molar-refractivity contribution in [2.24, 2.45) is 5.92 Å². The predicted molar refractivity (Wildman–Crippen MR) is 102 cm³/mol. The Bertz CT molecular complexity index is 688. The van der Waals surface area contributed by atoms with Crippen LogP contribution >= 0.6 is 0 Å². The van der Waals surface area contributed by atoms with E-state index in [0.717, 1.165) is 5.56 Å². The molecule has 1 heterocycles. The van der Waals surface area contributed by atoms with Crippen LogP contribution in [0.1, 0.15) is 32.8 Å². The Kier molecular flexibility index (Phi) is 7.80. The van der Waals surface area contributed by atoms with Crippen LogP contribution in [0.5, 0.6) is 5.75 Å². The molecule has 1 aliphatic rings. The molecule has 1 aliphatic heterocycles. The minimum absolute atomic E-state index is 0.189. The zero-order valence-corrected chi connectivity index (χ0v) is 16.4. The van der Waals surface area contributed by atoms with Crippen molar-refractivity contribution in [3.63, 3.8) is 0 Å². The highest BCUT2D eigenvalue weighted by atomic mass is 16.6. The van der Waals surface area contributed by atoms with E-state index in [-0.39, 0.29) is 24.2 Å². The molecule has 28 heavy (non-hydrogen) atoms. The lowest BCUT2D eigenvalue weighted by Crippen LogP contribution is -2.49. The fraction of sp³-hybridized carbons (Fsp3) is 0.550. The van der Waals surface area contributed by atoms with E-state index in [1.165, 1.54) is 0 Å². The third-order valence-electron chi connectivity index (χ3n) is 4.26. The van der Waals surface area contributed by atoms with Crippen LogP contribution in [-0.4, -0.2) is 54.3 Å². The summed E-state index contributed by atoms with van der Waals surface area (Å²) in [6.45, 7) is 6.21. The lowest BCUT2D eigenvalue weighted by molar-refractivity contribution is -0.144. The Morgan fingerprint density at radius 3 is 2.46 bits per heavy atom. The van der Waals surface area contributed by atoms with Crippen LogP contribution in [-0.2, 0) is 30.3 Å². The third kappa shape index (κ3) is 6.53. The first-order valence-corrected chi connectivity index (χ1v) is 9.49. The number of esters is 1. The molecule has 1 aromatic carbocycles. The van der Waals surface area contributed by atoms with Crippen molar-refractivity contribution < 1.29 is 29.0 Å². The minimum Gasteiger partial charge on any atom is -0.508 e. The lowest BCUT2D eigenvalue weighted by Gasteiger charge is -2.20. The molecule has 0 bridgehead atoms. The largest absolute Gasteiger partial charge is 0.508 e. The fourth-order valence-corrected chi connectivity index (χ4v) is 2.79. The van der Waals surface area contributed by atoms with Gasteiger partial charge in [0, 0.05) is 6.54 Å². The Hall–Kier alpha value is -2.61. The summed E-state index contributed by atoms with van der Waals surface area (Å²) in [5, 5.41) is 14.8. The van der Waals surface area contributed by atoms with Crippen molar-refractivity contribution in [1.82, 2.24) is 10.6 Å². The Morgan fingerprint density at radius 2 is 1.86 bits per heavy atom. The number of nitrogens with one attached hydrogen (secondary N) is 2. The molecule has 1 unspecified atom stereocenters. The van der Waals surface area contributed by atoms with Crippen LogP contribution in [0.4, 0.5) is 0 Å². The van der Waals surface area contributed by atoms with E-state index in [4.69, 9.17) is 9.47 Å². The predicted octanol–water partition coefficient (Wildman–Crippen LogP) is 0.912. The van der Waals surface area contributed by atoms with Crippen LogP contribution in [0.2, 0.25) is 0 Å². The number of aromatic hydroxyl groups is 1. The van der Waals surface area contributed by atoms with Crippen molar-refractivity contribution in [3.8, 4) is 5.75 Å². The number of hydrogen-bond donors (Lipinski definition) is 3. The van der Waals surface area contributed by atoms with E-state index < -0.39 is 30.1 Å². The smallest absolute Gasteiger partial charge is 0.338 e. The average molecular weight is 392 g/mol. The number of benzene rings is 1. The van der Waals surface area contributed by atoms with Gasteiger partial charge < -0.3 is 25.2 Å². The highest BCUT2D eigenvalue weighted by Gasteiger charge is 2.52. The van der Waals surface area contributed by atoms with Crippen molar-refractivity contribution >= 4 is 17.8 Å². The summed E-state index contributed by atoms with van der Waals surface area (Å²) in [4.78, 5) is 36.4. The highest BCUT2D eigenvalue weighted by Crippen LogP contribution is 2.24. The molecular formula is C20H28N2O6. The SMILES string of the molecule is CCOC(=O)[C@H]1OC1C(=O)N[C@@H](CC(C)C)C(=O)NCCc1ccc(O)cc1. The zero-order chi connectivity index (χ0) is 20.7. The minimum atomic E-state index is -0.904. The molecule has 0 spiro atoms. The molecule has 0 aliphatic carbocycles. The Labute approximate surface area is 164 Å². The lowest BCUT2D eigenvalue weighted by atomic mass is 10.0. The maximum absolute atomic E-state index is 12.5. The highest BCUT2D eigenvalue weighted by molar-refractivity contribution is 5.95. The molecule has 1 fully saturated rings. The number of phenols is 1.